The van der Waals surface area contributed by atoms with Gasteiger partial charge < -0.3 is 20.5 Å². The van der Waals surface area contributed by atoms with Crippen LogP contribution in [-0.2, 0) is 12.8 Å². The van der Waals surface area contributed by atoms with Gasteiger partial charge in [0.25, 0.3) is 5.91 Å². The number of benzene rings is 2. The third-order valence-electron chi connectivity index (χ3n) is 4.80. The molecule has 0 spiro atoms. The molecule has 4 rings (SSSR count). The molecule has 0 bridgehead atoms. The van der Waals surface area contributed by atoms with E-state index in [1.165, 1.54) is 6.26 Å². The van der Waals surface area contributed by atoms with Crippen LogP contribution in [0.5, 0.6) is 0 Å². The Morgan fingerprint density at radius 1 is 1.21 bits per heavy atom. The minimum absolute atomic E-state index is 0.241. The lowest BCUT2D eigenvalue weighted by atomic mass is 10.1. The minimum atomic E-state index is -0.432. The predicted octanol–water partition coefficient (Wildman–Crippen LogP) is 4.13. The monoisotopic (exact) mass is 452 g/mol. The molecular formula is C22H21BrN4O2. The van der Waals surface area contributed by atoms with E-state index < -0.39 is 6.04 Å². The number of hydrogen-bond donors (Lipinski definition) is 3. The Balaban J connectivity index is 1.34. The van der Waals surface area contributed by atoms with Gasteiger partial charge in [0.1, 0.15) is 6.26 Å². The number of H-pyrrole nitrogens is 1. The molecule has 1 atom stereocenters. The lowest BCUT2D eigenvalue weighted by Gasteiger charge is -2.06. The lowest BCUT2D eigenvalue weighted by Crippen LogP contribution is -2.26. The van der Waals surface area contributed by atoms with Gasteiger partial charge in [-0.15, -0.1) is 0 Å². The second-order valence-corrected chi connectivity index (χ2v) is 7.79. The van der Waals surface area contributed by atoms with Crippen LogP contribution in [-0.4, -0.2) is 22.4 Å². The number of nitrogens with one attached hydrogen (secondary N) is 2. The molecule has 2 heterocycles. The van der Waals surface area contributed by atoms with Crippen molar-refractivity contribution in [1.29, 1.82) is 0 Å². The second kappa shape index (κ2) is 8.63. The summed E-state index contributed by atoms with van der Waals surface area (Å²) in [5.41, 5.74) is 9.82. The largest absolute Gasteiger partial charge is 0.446 e. The maximum Gasteiger partial charge on any atom is 0.273 e. The maximum atomic E-state index is 12.3. The third-order valence-corrected chi connectivity index (χ3v) is 5.33. The molecule has 29 heavy (non-hydrogen) atoms. The zero-order valence-corrected chi connectivity index (χ0v) is 17.3. The predicted molar refractivity (Wildman–Crippen MR) is 116 cm³/mol. The molecule has 148 valence electrons. The van der Waals surface area contributed by atoms with Crippen LogP contribution in [0.3, 0.4) is 0 Å². The molecule has 0 aliphatic rings. The van der Waals surface area contributed by atoms with Crippen LogP contribution in [0.1, 0.15) is 33.5 Å². The fourth-order valence-corrected chi connectivity index (χ4v) is 3.51. The number of fused-ring (bicyclic) bond motifs is 1. The Morgan fingerprint density at radius 3 is 2.83 bits per heavy atom. The molecule has 4 aromatic rings. The zero-order chi connectivity index (χ0) is 20.2. The molecule has 2 aromatic heterocycles. The highest BCUT2D eigenvalue weighted by atomic mass is 79.9. The van der Waals surface area contributed by atoms with Gasteiger partial charge in [-0.2, -0.15) is 0 Å². The summed E-state index contributed by atoms with van der Waals surface area (Å²) in [6.45, 7) is 0.518. The van der Waals surface area contributed by atoms with Crippen molar-refractivity contribution in [2.75, 3.05) is 6.54 Å². The normalized spacial score (nSPS) is 12.2. The molecule has 0 saturated heterocycles. The topological polar surface area (TPSA) is 96.9 Å². The molecule has 1 unspecified atom stereocenters. The van der Waals surface area contributed by atoms with Gasteiger partial charge in [0.05, 0.1) is 6.04 Å². The number of carbonyl (C=O) groups excluding carboxylic acids is 1. The number of nitrogens with two attached hydrogens (primary N) is 1. The van der Waals surface area contributed by atoms with E-state index >= 15 is 0 Å². The van der Waals surface area contributed by atoms with Crippen LogP contribution in [0.4, 0.5) is 0 Å². The van der Waals surface area contributed by atoms with Crippen molar-refractivity contribution in [3.63, 3.8) is 0 Å². The van der Waals surface area contributed by atoms with Gasteiger partial charge in [0.2, 0.25) is 5.89 Å². The number of halogens is 1. The maximum absolute atomic E-state index is 12.3. The Hall–Kier alpha value is -2.90. The molecule has 0 fully saturated rings. The van der Waals surface area contributed by atoms with Crippen molar-refractivity contribution in [2.24, 2.45) is 5.73 Å². The van der Waals surface area contributed by atoms with E-state index in [0.717, 1.165) is 32.9 Å². The van der Waals surface area contributed by atoms with E-state index in [2.05, 4.69) is 31.2 Å². The average Bonchev–Trinajstić information content (AvgIpc) is 3.37. The van der Waals surface area contributed by atoms with Crippen LogP contribution < -0.4 is 11.1 Å². The van der Waals surface area contributed by atoms with Gasteiger partial charge in [0, 0.05) is 28.1 Å². The standard InChI is InChI=1S/C22H21BrN4O2/c23-16-7-5-14(6-8-16)9-10-25-21(28)20-13-29-22(27-20)18(24)11-15-12-26-19-4-2-1-3-17(15)19/h1-8,12-13,18,26H,9-11,24H2,(H,25,28). The van der Waals surface area contributed by atoms with Crippen molar-refractivity contribution in [3.05, 3.63) is 88.2 Å². The van der Waals surface area contributed by atoms with E-state index in [0.29, 0.717) is 18.9 Å². The summed E-state index contributed by atoms with van der Waals surface area (Å²) in [4.78, 5) is 19.9. The van der Waals surface area contributed by atoms with Crippen LogP contribution in [0.2, 0.25) is 0 Å². The number of aromatic amines is 1. The summed E-state index contributed by atoms with van der Waals surface area (Å²) in [6.07, 6.45) is 4.61. The fraction of sp³-hybridized carbons (Fsp3) is 0.182. The number of para-hydroxylation sites is 1. The summed E-state index contributed by atoms with van der Waals surface area (Å²) < 4.78 is 6.51. The molecule has 2 aromatic carbocycles. The molecule has 0 radical (unpaired) electrons. The molecule has 7 heteroatoms. The Kier molecular flexibility index (Phi) is 5.78. The van der Waals surface area contributed by atoms with Gasteiger partial charge in [-0.25, -0.2) is 4.98 Å². The summed E-state index contributed by atoms with van der Waals surface area (Å²) in [5.74, 6) is 0.0877. The number of aromatic nitrogens is 2. The first-order valence-corrected chi connectivity index (χ1v) is 10.2. The Labute approximate surface area is 176 Å². The van der Waals surface area contributed by atoms with E-state index in [1.807, 2.05) is 54.7 Å². The van der Waals surface area contributed by atoms with Crippen molar-refractivity contribution in [1.82, 2.24) is 15.3 Å². The van der Waals surface area contributed by atoms with Gasteiger partial charge >= 0.3 is 0 Å². The molecule has 1 amide bonds. The van der Waals surface area contributed by atoms with E-state index in [1.54, 1.807) is 0 Å². The fourth-order valence-electron chi connectivity index (χ4n) is 3.25. The summed E-state index contributed by atoms with van der Waals surface area (Å²) in [7, 11) is 0. The first-order valence-electron chi connectivity index (χ1n) is 9.39. The van der Waals surface area contributed by atoms with Crippen molar-refractivity contribution < 1.29 is 9.21 Å². The first kappa shape index (κ1) is 19.4. The van der Waals surface area contributed by atoms with Crippen molar-refractivity contribution >= 4 is 32.7 Å². The number of amides is 1. The molecule has 4 N–H and O–H groups in total. The highest BCUT2D eigenvalue weighted by Gasteiger charge is 2.18. The van der Waals surface area contributed by atoms with E-state index in [-0.39, 0.29) is 11.6 Å². The SMILES string of the molecule is NC(Cc1c[nH]c2ccccc12)c1nc(C(=O)NCCc2ccc(Br)cc2)co1. The molecule has 6 nitrogen and oxygen atoms in total. The van der Waals surface area contributed by atoms with Crippen molar-refractivity contribution in [3.8, 4) is 0 Å². The summed E-state index contributed by atoms with van der Waals surface area (Å²) in [6, 6.07) is 15.6. The van der Waals surface area contributed by atoms with Gasteiger partial charge in [-0.05, 0) is 42.2 Å². The van der Waals surface area contributed by atoms with Crippen molar-refractivity contribution in [2.45, 2.75) is 18.9 Å². The van der Waals surface area contributed by atoms with Crippen LogP contribution in [0.15, 0.2) is 69.9 Å². The van der Waals surface area contributed by atoms with E-state index in [4.69, 9.17) is 10.2 Å². The smallest absolute Gasteiger partial charge is 0.273 e. The number of carbonyl (C=O) groups is 1. The molecule has 0 aliphatic carbocycles. The van der Waals surface area contributed by atoms with Crippen LogP contribution >= 0.6 is 15.9 Å². The highest BCUT2D eigenvalue weighted by molar-refractivity contribution is 9.10. The van der Waals surface area contributed by atoms with E-state index in [9.17, 15) is 4.79 Å². The van der Waals surface area contributed by atoms with Crippen LogP contribution in [0.25, 0.3) is 10.9 Å². The van der Waals surface area contributed by atoms with Crippen LogP contribution in [0, 0.1) is 0 Å². The highest BCUT2D eigenvalue weighted by Crippen LogP contribution is 2.23. The number of nitrogens with zero attached hydrogens (tertiary/aromatic N) is 1. The zero-order valence-electron chi connectivity index (χ0n) is 15.7. The third kappa shape index (κ3) is 4.58. The quantitative estimate of drug-likeness (QED) is 0.392. The van der Waals surface area contributed by atoms with Gasteiger partial charge in [-0.3, -0.25) is 4.79 Å². The molecule has 0 aliphatic heterocycles. The average molecular weight is 453 g/mol. The number of hydrogen-bond acceptors (Lipinski definition) is 4. The Morgan fingerprint density at radius 2 is 2.00 bits per heavy atom. The first-order chi connectivity index (χ1) is 14.1. The second-order valence-electron chi connectivity index (χ2n) is 6.87. The van der Waals surface area contributed by atoms with Gasteiger partial charge in [-0.1, -0.05) is 46.3 Å². The Bertz CT molecular complexity index is 1120. The van der Waals surface area contributed by atoms with Gasteiger partial charge in [0.15, 0.2) is 5.69 Å². The minimum Gasteiger partial charge on any atom is -0.446 e. The number of rotatable bonds is 7. The summed E-state index contributed by atoms with van der Waals surface area (Å²) in [5, 5.41) is 3.99. The number of oxazole rings is 1. The molecule has 0 saturated carbocycles. The summed E-state index contributed by atoms with van der Waals surface area (Å²) >= 11 is 3.41. The lowest BCUT2D eigenvalue weighted by molar-refractivity contribution is 0.0949. The molecular weight excluding hydrogens is 432 g/mol.